The molecule has 1 heterocycles. The molecule has 0 saturated carbocycles. The van der Waals surface area contributed by atoms with Gasteiger partial charge in [0.25, 0.3) is 5.91 Å². The van der Waals surface area contributed by atoms with Crippen LogP contribution < -0.4 is 9.64 Å². The molecular formula is C17H16BrNO2S. The van der Waals surface area contributed by atoms with Crippen molar-refractivity contribution >= 4 is 39.3 Å². The first-order valence-corrected chi connectivity index (χ1v) is 8.97. The van der Waals surface area contributed by atoms with Crippen LogP contribution in [0.15, 0.2) is 45.8 Å². The van der Waals surface area contributed by atoms with Crippen molar-refractivity contribution in [2.24, 2.45) is 0 Å². The van der Waals surface area contributed by atoms with Gasteiger partial charge in [-0.1, -0.05) is 15.9 Å². The summed E-state index contributed by atoms with van der Waals surface area (Å²) in [6.45, 7) is 0.719. The van der Waals surface area contributed by atoms with Crippen molar-refractivity contribution in [2.75, 3.05) is 24.8 Å². The van der Waals surface area contributed by atoms with E-state index in [-0.39, 0.29) is 5.91 Å². The molecule has 1 aliphatic rings. The number of halogens is 1. The maximum Gasteiger partial charge on any atom is 0.258 e. The van der Waals surface area contributed by atoms with Gasteiger partial charge in [-0.2, -0.15) is 0 Å². The van der Waals surface area contributed by atoms with E-state index in [1.807, 2.05) is 35.4 Å². The van der Waals surface area contributed by atoms with Crippen molar-refractivity contribution in [1.82, 2.24) is 0 Å². The predicted octanol–water partition coefficient (Wildman–Crippen LogP) is 4.38. The minimum absolute atomic E-state index is 0.0234. The Bertz CT molecular complexity index is 710. The van der Waals surface area contributed by atoms with Gasteiger partial charge in [0.1, 0.15) is 5.75 Å². The summed E-state index contributed by atoms with van der Waals surface area (Å²) in [6, 6.07) is 11.7. The first-order valence-electron chi connectivity index (χ1n) is 6.95. The highest BCUT2D eigenvalue weighted by Gasteiger charge is 2.26. The minimum Gasteiger partial charge on any atom is -0.497 e. The zero-order valence-corrected chi connectivity index (χ0v) is 14.8. The summed E-state index contributed by atoms with van der Waals surface area (Å²) in [5, 5.41) is 0. The number of hydrogen-bond donors (Lipinski definition) is 0. The Labute approximate surface area is 142 Å². The molecule has 3 nitrogen and oxygen atoms in total. The van der Waals surface area contributed by atoms with Gasteiger partial charge in [0.15, 0.2) is 0 Å². The lowest BCUT2D eigenvalue weighted by Crippen LogP contribution is -2.28. The maximum atomic E-state index is 12.9. The summed E-state index contributed by atoms with van der Waals surface area (Å²) in [6.07, 6.45) is 2.88. The third-order valence-corrected chi connectivity index (χ3v) is 4.98. The van der Waals surface area contributed by atoms with Crippen LogP contribution in [0.25, 0.3) is 0 Å². The van der Waals surface area contributed by atoms with Gasteiger partial charge >= 0.3 is 0 Å². The van der Waals surface area contributed by atoms with E-state index < -0.39 is 0 Å². The molecule has 2 aromatic rings. The molecule has 0 fully saturated rings. The molecule has 1 amide bonds. The van der Waals surface area contributed by atoms with Crippen LogP contribution in [0.3, 0.4) is 0 Å². The van der Waals surface area contributed by atoms with Crippen LogP contribution in [-0.2, 0) is 6.42 Å². The standard InChI is InChI=1S/C17H16BrNO2S/c1-21-14-8-12(9-15(10-14)22-2)17(20)19-6-5-11-7-13(18)3-4-16(11)19/h3-4,7-10H,5-6H2,1-2H3. The van der Waals surface area contributed by atoms with Crippen LogP contribution in [0.2, 0.25) is 0 Å². The number of methoxy groups -OCH3 is 1. The summed E-state index contributed by atoms with van der Waals surface area (Å²) in [4.78, 5) is 15.8. The van der Waals surface area contributed by atoms with E-state index >= 15 is 0 Å². The highest BCUT2D eigenvalue weighted by atomic mass is 79.9. The maximum absolute atomic E-state index is 12.9. The molecule has 1 aliphatic heterocycles. The number of carbonyl (C=O) groups excluding carboxylic acids is 1. The largest absolute Gasteiger partial charge is 0.497 e. The molecule has 5 heteroatoms. The second-order valence-electron chi connectivity index (χ2n) is 5.08. The van der Waals surface area contributed by atoms with E-state index in [1.54, 1.807) is 24.9 Å². The van der Waals surface area contributed by atoms with Crippen molar-refractivity contribution < 1.29 is 9.53 Å². The monoisotopic (exact) mass is 377 g/mol. The van der Waals surface area contributed by atoms with Crippen LogP contribution in [0.5, 0.6) is 5.75 Å². The van der Waals surface area contributed by atoms with E-state index in [9.17, 15) is 4.79 Å². The first-order chi connectivity index (χ1) is 10.6. The molecular weight excluding hydrogens is 362 g/mol. The van der Waals surface area contributed by atoms with Crippen molar-refractivity contribution in [3.8, 4) is 5.75 Å². The average Bonchev–Trinajstić information content (AvgIpc) is 2.96. The molecule has 3 rings (SSSR count). The molecule has 0 radical (unpaired) electrons. The average molecular weight is 378 g/mol. The molecule has 0 unspecified atom stereocenters. The zero-order valence-electron chi connectivity index (χ0n) is 12.4. The number of nitrogens with zero attached hydrogens (tertiary/aromatic N) is 1. The van der Waals surface area contributed by atoms with Gasteiger partial charge < -0.3 is 9.64 Å². The fourth-order valence-electron chi connectivity index (χ4n) is 2.67. The lowest BCUT2D eigenvalue weighted by Gasteiger charge is -2.18. The number of anilines is 1. The molecule has 0 saturated heterocycles. The lowest BCUT2D eigenvalue weighted by atomic mass is 10.1. The molecule has 2 aromatic carbocycles. The summed E-state index contributed by atoms with van der Waals surface area (Å²) in [7, 11) is 1.62. The Morgan fingerprint density at radius 1 is 1.27 bits per heavy atom. The minimum atomic E-state index is 0.0234. The lowest BCUT2D eigenvalue weighted by molar-refractivity contribution is 0.0989. The van der Waals surface area contributed by atoms with E-state index in [2.05, 4.69) is 22.0 Å². The van der Waals surface area contributed by atoms with Crippen LogP contribution in [0.4, 0.5) is 5.69 Å². The van der Waals surface area contributed by atoms with Crippen molar-refractivity contribution in [2.45, 2.75) is 11.3 Å². The van der Waals surface area contributed by atoms with Crippen LogP contribution in [0, 0.1) is 0 Å². The van der Waals surface area contributed by atoms with E-state index in [0.29, 0.717) is 11.3 Å². The highest BCUT2D eigenvalue weighted by Crippen LogP contribution is 2.33. The molecule has 0 atom stereocenters. The van der Waals surface area contributed by atoms with Gasteiger partial charge in [0.2, 0.25) is 0 Å². The molecule has 0 aromatic heterocycles. The summed E-state index contributed by atoms with van der Waals surface area (Å²) < 4.78 is 6.35. The SMILES string of the molecule is COc1cc(SC)cc(C(=O)N2CCc3cc(Br)ccc32)c1. The number of fused-ring (bicyclic) bond motifs is 1. The fraction of sp³-hybridized carbons (Fsp3) is 0.235. The fourth-order valence-corrected chi connectivity index (χ4v) is 3.56. The number of benzene rings is 2. The molecule has 0 bridgehead atoms. The Hall–Kier alpha value is -1.46. The van der Waals surface area contributed by atoms with Crippen LogP contribution in [0.1, 0.15) is 15.9 Å². The van der Waals surface area contributed by atoms with Gasteiger partial charge in [0, 0.05) is 27.2 Å². The van der Waals surface area contributed by atoms with Crippen LogP contribution in [-0.4, -0.2) is 25.8 Å². The normalized spacial score (nSPS) is 13.1. The Kier molecular flexibility index (Phi) is 4.45. The highest BCUT2D eigenvalue weighted by molar-refractivity contribution is 9.10. The molecule has 22 heavy (non-hydrogen) atoms. The van der Waals surface area contributed by atoms with Gasteiger partial charge in [-0.05, 0) is 54.6 Å². The molecule has 114 valence electrons. The Morgan fingerprint density at radius 3 is 2.82 bits per heavy atom. The zero-order chi connectivity index (χ0) is 15.7. The van der Waals surface area contributed by atoms with E-state index in [4.69, 9.17) is 4.74 Å². The smallest absolute Gasteiger partial charge is 0.258 e. The second kappa shape index (κ2) is 6.34. The molecule has 0 spiro atoms. The Balaban J connectivity index is 1.96. The Morgan fingerprint density at radius 2 is 2.09 bits per heavy atom. The summed E-state index contributed by atoms with van der Waals surface area (Å²) in [5.74, 6) is 0.737. The van der Waals surface area contributed by atoms with Crippen molar-refractivity contribution in [3.05, 3.63) is 52.0 Å². The number of amides is 1. The first kappa shape index (κ1) is 15.4. The molecule has 0 N–H and O–H groups in total. The van der Waals surface area contributed by atoms with Gasteiger partial charge in [-0.15, -0.1) is 11.8 Å². The topological polar surface area (TPSA) is 29.5 Å². The number of rotatable bonds is 3. The third kappa shape index (κ3) is 2.88. The van der Waals surface area contributed by atoms with Gasteiger partial charge in [-0.3, -0.25) is 4.79 Å². The second-order valence-corrected chi connectivity index (χ2v) is 6.88. The van der Waals surface area contributed by atoms with Crippen molar-refractivity contribution in [3.63, 3.8) is 0 Å². The van der Waals surface area contributed by atoms with Crippen molar-refractivity contribution in [1.29, 1.82) is 0 Å². The number of thioether (sulfide) groups is 1. The van der Waals surface area contributed by atoms with Gasteiger partial charge in [0.05, 0.1) is 7.11 Å². The number of hydrogen-bond acceptors (Lipinski definition) is 3. The molecule has 0 aliphatic carbocycles. The number of carbonyl (C=O) groups is 1. The summed E-state index contributed by atoms with van der Waals surface area (Å²) >= 11 is 5.08. The van der Waals surface area contributed by atoms with Gasteiger partial charge in [-0.25, -0.2) is 0 Å². The third-order valence-electron chi connectivity index (χ3n) is 3.78. The summed E-state index contributed by atoms with van der Waals surface area (Å²) in [5.41, 5.74) is 2.87. The predicted molar refractivity (Wildman–Crippen MR) is 94.3 cm³/mol. The van der Waals surface area contributed by atoms with E-state index in [1.165, 1.54) is 5.56 Å². The number of ether oxygens (including phenoxy) is 1. The van der Waals surface area contributed by atoms with E-state index in [0.717, 1.165) is 28.0 Å². The quantitative estimate of drug-likeness (QED) is 0.743. The van der Waals surface area contributed by atoms with Crippen LogP contribution >= 0.6 is 27.7 Å².